The number of carbonyl (C=O) groups is 1. The largest absolute Gasteiger partial charge is 0.410 e. The van der Waals surface area contributed by atoms with Gasteiger partial charge in [0.05, 0.1) is 6.61 Å². The van der Waals surface area contributed by atoms with Crippen LogP contribution in [0, 0.1) is 0 Å². The molecule has 82 valence electrons. The molecule has 1 unspecified atom stereocenters. The molecule has 1 saturated heterocycles. The molecule has 4 nitrogen and oxygen atoms in total. The van der Waals surface area contributed by atoms with Crippen LogP contribution in [-0.4, -0.2) is 49.3 Å². The topological polar surface area (TPSA) is 55.6 Å². The standard InChI is InChI=1S/C7H11F3N2O2/c8-7(9,10)5(3-11)12-1-2-14-4-6(12)13/h5H,1-4,11H2. The average molecular weight is 212 g/mol. The highest BCUT2D eigenvalue weighted by Crippen LogP contribution is 2.24. The van der Waals surface area contributed by atoms with Crippen molar-refractivity contribution < 1.29 is 22.7 Å². The maximum Gasteiger partial charge on any atom is 0.410 e. The lowest BCUT2D eigenvalue weighted by Gasteiger charge is -2.34. The summed E-state index contributed by atoms with van der Waals surface area (Å²) < 4.78 is 41.8. The van der Waals surface area contributed by atoms with Gasteiger partial charge in [0.25, 0.3) is 0 Å². The normalized spacial score (nSPS) is 21.1. The van der Waals surface area contributed by atoms with Gasteiger partial charge in [-0.25, -0.2) is 0 Å². The number of ether oxygens (including phenoxy) is 1. The average Bonchev–Trinajstić information content (AvgIpc) is 2.07. The molecule has 1 amide bonds. The monoisotopic (exact) mass is 212 g/mol. The molecule has 14 heavy (non-hydrogen) atoms. The lowest BCUT2D eigenvalue weighted by atomic mass is 10.2. The Hall–Kier alpha value is -0.820. The van der Waals surface area contributed by atoms with Gasteiger partial charge in [0, 0.05) is 13.1 Å². The van der Waals surface area contributed by atoms with Crippen molar-refractivity contribution in [3.8, 4) is 0 Å². The summed E-state index contributed by atoms with van der Waals surface area (Å²) in [6, 6.07) is -1.89. The number of amides is 1. The van der Waals surface area contributed by atoms with E-state index in [2.05, 4.69) is 0 Å². The van der Waals surface area contributed by atoms with Crippen molar-refractivity contribution in [3.63, 3.8) is 0 Å². The molecule has 0 aliphatic carbocycles. The Bertz CT molecular complexity index is 219. The van der Waals surface area contributed by atoms with Gasteiger partial charge in [-0.15, -0.1) is 0 Å². The summed E-state index contributed by atoms with van der Waals surface area (Å²) in [7, 11) is 0. The lowest BCUT2D eigenvalue weighted by Crippen LogP contribution is -2.56. The van der Waals surface area contributed by atoms with Gasteiger partial charge in [-0.1, -0.05) is 0 Å². The third kappa shape index (κ3) is 2.36. The van der Waals surface area contributed by atoms with E-state index in [-0.39, 0.29) is 19.8 Å². The van der Waals surface area contributed by atoms with E-state index < -0.39 is 24.7 Å². The zero-order valence-corrected chi connectivity index (χ0v) is 7.38. The van der Waals surface area contributed by atoms with Gasteiger partial charge in [0.2, 0.25) is 5.91 Å². The van der Waals surface area contributed by atoms with Crippen LogP contribution in [0.4, 0.5) is 13.2 Å². The fourth-order valence-electron chi connectivity index (χ4n) is 1.30. The highest BCUT2D eigenvalue weighted by Gasteiger charge is 2.45. The Balaban J connectivity index is 2.72. The molecule has 0 saturated carbocycles. The predicted octanol–water partition coefficient (Wildman–Crippen LogP) is -0.265. The van der Waals surface area contributed by atoms with Crippen molar-refractivity contribution in [1.82, 2.24) is 4.90 Å². The molecule has 1 heterocycles. The minimum Gasteiger partial charge on any atom is -0.370 e. The van der Waals surface area contributed by atoms with E-state index in [4.69, 9.17) is 10.5 Å². The Morgan fingerprint density at radius 2 is 2.21 bits per heavy atom. The van der Waals surface area contributed by atoms with Gasteiger partial charge in [0.1, 0.15) is 12.6 Å². The van der Waals surface area contributed by atoms with Gasteiger partial charge < -0.3 is 15.4 Å². The van der Waals surface area contributed by atoms with Crippen LogP contribution in [0.15, 0.2) is 0 Å². The van der Waals surface area contributed by atoms with Gasteiger partial charge in [0.15, 0.2) is 0 Å². The first kappa shape index (κ1) is 11.3. The number of hydrogen-bond acceptors (Lipinski definition) is 3. The van der Waals surface area contributed by atoms with E-state index in [0.717, 1.165) is 4.90 Å². The number of morpholine rings is 1. The van der Waals surface area contributed by atoms with E-state index in [1.54, 1.807) is 0 Å². The minimum atomic E-state index is -4.47. The number of hydrogen-bond donors (Lipinski definition) is 1. The number of nitrogens with zero attached hydrogens (tertiary/aromatic N) is 1. The molecule has 0 spiro atoms. The van der Waals surface area contributed by atoms with E-state index in [1.807, 2.05) is 0 Å². The molecule has 2 N–H and O–H groups in total. The van der Waals surface area contributed by atoms with E-state index in [0.29, 0.717) is 0 Å². The number of nitrogens with two attached hydrogens (primary N) is 1. The van der Waals surface area contributed by atoms with E-state index >= 15 is 0 Å². The minimum absolute atomic E-state index is 0.0553. The van der Waals surface area contributed by atoms with Gasteiger partial charge in [-0.2, -0.15) is 13.2 Å². The summed E-state index contributed by atoms with van der Waals surface area (Å²) in [5.74, 6) is -0.663. The maximum atomic E-state index is 12.4. The van der Waals surface area contributed by atoms with Crippen LogP contribution in [0.5, 0.6) is 0 Å². The fourth-order valence-corrected chi connectivity index (χ4v) is 1.30. The van der Waals surface area contributed by atoms with Crippen molar-refractivity contribution in [3.05, 3.63) is 0 Å². The Kier molecular flexibility index (Phi) is 3.33. The summed E-state index contributed by atoms with van der Waals surface area (Å²) in [6.45, 7) is -0.847. The third-order valence-corrected chi connectivity index (χ3v) is 2.00. The second-order valence-electron chi connectivity index (χ2n) is 2.93. The van der Waals surface area contributed by atoms with Crippen molar-refractivity contribution >= 4 is 5.91 Å². The molecular weight excluding hydrogens is 201 g/mol. The van der Waals surface area contributed by atoms with Crippen LogP contribution in [0.1, 0.15) is 0 Å². The Morgan fingerprint density at radius 1 is 1.57 bits per heavy atom. The first-order valence-electron chi connectivity index (χ1n) is 4.11. The summed E-state index contributed by atoms with van der Waals surface area (Å²) >= 11 is 0. The molecule has 1 aliphatic rings. The summed E-state index contributed by atoms with van der Waals surface area (Å²) in [5.41, 5.74) is 5.00. The van der Waals surface area contributed by atoms with Crippen LogP contribution in [0.2, 0.25) is 0 Å². The Morgan fingerprint density at radius 3 is 2.64 bits per heavy atom. The number of halogens is 3. The van der Waals surface area contributed by atoms with Crippen LogP contribution in [0.25, 0.3) is 0 Å². The van der Waals surface area contributed by atoms with Gasteiger partial charge in [-0.3, -0.25) is 4.79 Å². The molecule has 1 fully saturated rings. The number of alkyl halides is 3. The van der Waals surface area contributed by atoms with Crippen molar-refractivity contribution in [2.45, 2.75) is 12.2 Å². The zero-order chi connectivity index (χ0) is 10.8. The quantitative estimate of drug-likeness (QED) is 0.685. The number of rotatable bonds is 2. The predicted molar refractivity (Wildman–Crippen MR) is 41.4 cm³/mol. The SMILES string of the molecule is NCC(N1CCOCC1=O)C(F)(F)F. The number of carbonyl (C=O) groups excluding carboxylic acids is 1. The molecule has 0 aromatic heterocycles. The molecular formula is C7H11F3N2O2. The smallest absolute Gasteiger partial charge is 0.370 e. The van der Waals surface area contributed by atoms with Crippen LogP contribution >= 0.6 is 0 Å². The molecule has 1 atom stereocenters. The fraction of sp³-hybridized carbons (Fsp3) is 0.857. The van der Waals surface area contributed by atoms with Crippen molar-refractivity contribution in [1.29, 1.82) is 0 Å². The zero-order valence-electron chi connectivity index (χ0n) is 7.38. The third-order valence-electron chi connectivity index (χ3n) is 2.00. The van der Waals surface area contributed by atoms with E-state index in [1.165, 1.54) is 0 Å². The highest BCUT2D eigenvalue weighted by molar-refractivity contribution is 5.78. The molecule has 1 rings (SSSR count). The van der Waals surface area contributed by atoms with Crippen LogP contribution < -0.4 is 5.73 Å². The van der Waals surface area contributed by atoms with Gasteiger partial charge in [-0.05, 0) is 0 Å². The van der Waals surface area contributed by atoms with Crippen LogP contribution in [0.3, 0.4) is 0 Å². The summed E-state index contributed by atoms with van der Waals surface area (Å²) in [6.07, 6.45) is -4.47. The molecule has 0 bridgehead atoms. The molecule has 0 radical (unpaired) electrons. The first-order chi connectivity index (χ1) is 6.46. The Labute approximate surface area is 78.8 Å². The lowest BCUT2D eigenvalue weighted by molar-refractivity contribution is -0.195. The maximum absolute atomic E-state index is 12.4. The molecule has 0 aromatic rings. The van der Waals surface area contributed by atoms with Crippen molar-refractivity contribution in [2.75, 3.05) is 26.3 Å². The van der Waals surface area contributed by atoms with Crippen molar-refractivity contribution in [2.24, 2.45) is 5.73 Å². The molecule has 7 heteroatoms. The second-order valence-corrected chi connectivity index (χ2v) is 2.93. The summed E-state index contributed by atoms with van der Waals surface area (Å²) in [5, 5.41) is 0. The molecule has 0 aromatic carbocycles. The first-order valence-corrected chi connectivity index (χ1v) is 4.11. The molecule has 1 aliphatic heterocycles. The highest BCUT2D eigenvalue weighted by atomic mass is 19.4. The summed E-state index contributed by atoms with van der Waals surface area (Å²) in [4.78, 5) is 11.8. The second kappa shape index (κ2) is 4.14. The van der Waals surface area contributed by atoms with Crippen LogP contribution in [-0.2, 0) is 9.53 Å². The van der Waals surface area contributed by atoms with E-state index in [9.17, 15) is 18.0 Å². The van der Waals surface area contributed by atoms with Gasteiger partial charge >= 0.3 is 6.18 Å².